The van der Waals surface area contributed by atoms with Crippen molar-refractivity contribution in [2.45, 2.75) is 63.7 Å². The van der Waals surface area contributed by atoms with Crippen molar-refractivity contribution in [1.82, 2.24) is 19.8 Å². The maximum absolute atomic E-state index is 13.6. The van der Waals surface area contributed by atoms with Crippen LogP contribution in [-0.4, -0.2) is 27.0 Å². The van der Waals surface area contributed by atoms with Gasteiger partial charge < -0.3 is 15.1 Å². The standard InChI is InChI=1S/C28H28N4O5/c33-23(29-18-8-2-3-9-18)16-32-27(35)26-25(20-11-5-6-12-22(20)37-26)31(28(32)36)15-24(34)30-21-14-13-17-7-1-4-10-19(17)21/h1,4-7,10-12,18,21H,2-3,8-9,13-16H2,(H,29,33)(H,30,34)/t21-/m1/s1. The molecular formula is C28H28N4O5. The van der Waals surface area contributed by atoms with E-state index in [1.54, 1.807) is 24.3 Å². The Morgan fingerprint density at radius 3 is 2.41 bits per heavy atom. The summed E-state index contributed by atoms with van der Waals surface area (Å²) in [5.41, 5.74) is 1.53. The number of nitrogens with one attached hydrogen (secondary N) is 2. The maximum Gasteiger partial charge on any atom is 0.332 e. The van der Waals surface area contributed by atoms with E-state index in [4.69, 9.17) is 4.42 Å². The third-order valence-corrected chi connectivity index (χ3v) is 7.53. The van der Waals surface area contributed by atoms with Crippen LogP contribution in [-0.2, 0) is 29.1 Å². The minimum absolute atomic E-state index is 0.0477. The number of nitrogens with zero attached hydrogens (tertiary/aromatic N) is 2. The van der Waals surface area contributed by atoms with Gasteiger partial charge >= 0.3 is 5.69 Å². The van der Waals surface area contributed by atoms with Crippen LogP contribution in [0.1, 0.15) is 49.3 Å². The van der Waals surface area contributed by atoms with Gasteiger partial charge in [-0.15, -0.1) is 0 Å². The summed E-state index contributed by atoms with van der Waals surface area (Å²) >= 11 is 0. The summed E-state index contributed by atoms with van der Waals surface area (Å²) in [6, 6.07) is 14.9. The summed E-state index contributed by atoms with van der Waals surface area (Å²) in [6.45, 7) is -0.735. The highest BCUT2D eigenvalue weighted by Crippen LogP contribution is 2.31. The largest absolute Gasteiger partial charge is 0.449 e. The van der Waals surface area contributed by atoms with E-state index in [9.17, 15) is 19.2 Å². The second-order valence-corrected chi connectivity index (χ2v) is 9.94. The number of aromatic nitrogens is 2. The van der Waals surface area contributed by atoms with Crippen LogP contribution in [0.3, 0.4) is 0 Å². The molecular weight excluding hydrogens is 472 g/mol. The van der Waals surface area contributed by atoms with E-state index >= 15 is 0 Å². The number of hydrogen-bond donors (Lipinski definition) is 2. The lowest BCUT2D eigenvalue weighted by atomic mass is 10.1. The molecule has 2 N–H and O–H groups in total. The third kappa shape index (κ3) is 4.24. The molecule has 37 heavy (non-hydrogen) atoms. The quantitative estimate of drug-likeness (QED) is 0.423. The normalized spacial score (nSPS) is 17.4. The average Bonchev–Trinajstić information content (AvgIpc) is 3.64. The number of aryl methyl sites for hydroxylation is 1. The fourth-order valence-corrected chi connectivity index (χ4v) is 5.76. The van der Waals surface area contributed by atoms with Crippen molar-refractivity contribution in [3.8, 4) is 0 Å². The lowest BCUT2D eigenvalue weighted by Crippen LogP contribution is -2.46. The summed E-state index contributed by atoms with van der Waals surface area (Å²) in [5.74, 6) is -0.754. The first-order chi connectivity index (χ1) is 18.0. The minimum Gasteiger partial charge on any atom is -0.449 e. The van der Waals surface area contributed by atoms with Crippen molar-refractivity contribution in [2.24, 2.45) is 0 Å². The van der Waals surface area contributed by atoms with Crippen molar-refractivity contribution < 1.29 is 14.0 Å². The zero-order chi connectivity index (χ0) is 25.5. The predicted octanol–water partition coefficient (Wildman–Crippen LogP) is 2.77. The molecule has 9 heteroatoms. The van der Waals surface area contributed by atoms with Gasteiger partial charge in [0.2, 0.25) is 17.4 Å². The van der Waals surface area contributed by atoms with Crippen LogP contribution in [0.4, 0.5) is 0 Å². The lowest BCUT2D eigenvalue weighted by Gasteiger charge is -2.16. The molecule has 2 aliphatic carbocycles. The number of benzene rings is 2. The molecule has 190 valence electrons. The first-order valence-corrected chi connectivity index (χ1v) is 12.8. The summed E-state index contributed by atoms with van der Waals surface area (Å²) in [7, 11) is 0. The molecule has 0 bridgehead atoms. The molecule has 6 rings (SSSR count). The lowest BCUT2D eigenvalue weighted by molar-refractivity contribution is -0.122. The van der Waals surface area contributed by atoms with Crippen LogP contribution >= 0.6 is 0 Å². The van der Waals surface area contributed by atoms with E-state index in [0.29, 0.717) is 11.0 Å². The van der Waals surface area contributed by atoms with Crippen molar-refractivity contribution in [2.75, 3.05) is 0 Å². The zero-order valence-electron chi connectivity index (χ0n) is 20.4. The van der Waals surface area contributed by atoms with Crippen LogP contribution in [0.2, 0.25) is 0 Å². The van der Waals surface area contributed by atoms with Crippen LogP contribution in [0.5, 0.6) is 0 Å². The molecule has 1 fully saturated rings. The highest BCUT2D eigenvalue weighted by atomic mass is 16.3. The number of carbonyl (C=O) groups is 2. The smallest absolute Gasteiger partial charge is 0.332 e. The number of para-hydroxylation sites is 1. The van der Waals surface area contributed by atoms with E-state index < -0.39 is 23.7 Å². The molecule has 0 saturated heterocycles. The fraction of sp³-hybridized carbons (Fsp3) is 0.357. The van der Waals surface area contributed by atoms with Gasteiger partial charge in [-0.05, 0) is 48.9 Å². The van der Waals surface area contributed by atoms with Gasteiger partial charge in [-0.3, -0.25) is 19.0 Å². The Labute approximate surface area is 212 Å². The second kappa shape index (κ2) is 9.38. The Morgan fingerprint density at radius 1 is 0.865 bits per heavy atom. The molecule has 9 nitrogen and oxygen atoms in total. The molecule has 2 heterocycles. The Kier molecular flexibility index (Phi) is 5.90. The average molecular weight is 501 g/mol. The Balaban J connectivity index is 1.37. The van der Waals surface area contributed by atoms with Gasteiger partial charge in [0.1, 0.15) is 24.2 Å². The molecule has 1 saturated carbocycles. The molecule has 2 aromatic carbocycles. The summed E-state index contributed by atoms with van der Waals surface area (Å²) in [6.07, 6.45) is 5.52. The molecule has 2 aromatic heterocycles. The Morgan fingerprint density at radius 2 is 1.57 bits per heavy atom. The summed E-state index contributed by atoms with van der Waals surface area (Å²) < 4.78 is 7.96. The van der Waals surface area contributed by atoms with Crippen molar-refractivity contribution in [3.05, 3.63) is 80.5 Å². The molecule has 4 aromatic rings. The molecule has 0 unspecified atom stereocenters. The third-order valence-electron chi connectivity index (χ3n) is 7.53. The van der Waals surface area contributed by atoms with Gasteiger partial charge in [0.25, 0.3) is 5.56 Å². The number of carbonyl (C=O) groups excluding carboxylic acids is 2. The van der Waals surface area contributed by atoms with Gasteiger partial charge in [0.15, 0.2) is 0 Å². The van der Waals surface area contributed by atoms with Crippen LogP contribution < -0.4 is 21.9 Å². The fourth-order valence-electron chi connectivity index (χ4n) is 5.76. The van der Waals surface area contributed by atoms with Gasteiger partial charge in [-0.2, -0.15) is 0 Å². The highest BCUT2D eigenvalue weighted by Gasteiger charge is 2.26. The predicted molar refractivity (Wildman–Crippen MR) is 138 cm³/mol. The number of amides is 2. The van der Waals surface area contributed by atoms with Crippen LogP contribution in [0.25, 0.3) is 22.1 Å². The monoisotopic (exact) mass is 500 g/mol. The molecule has 1 atom stereocenters. The topological polar surface area (TPSA) is 115 Å². The first kappa shape index (κ1) is 23.3. The molecule has 2 amide bonds. The maximum atomic E-state index is 13.6. The van der Waals surface area contributed by atoms with E-state index in [1.807, 2.05) is 18.2 Å². The Bertz CT molecular complexity index is 1640. The van der Waals surface area contributed by atoms with E-state index in [0.717, 1.165) is 48.7 Å². The molecule has 0 aliphatic heterocycles. The molecule has 0 spiro atoms. The van der Waals surface area contributed by atoms with Crippen molar-refractivity contribution >= 4 is 33.9 Å². The summed E-state index contributed by atoms with van der Waals surface area (Å²) in [4.78, 5) is 52.9. The van der Waals surface area contributed by atoms with Crippen LogP contribution in [0.15, 0.2) is 62.5 Å². The van der Waals surface area contributed by atoms with Gasteiger partial charge in [-0.25, -0.2) is 9.36 Å². The number of hydrogen-bond acceptors (Lipinski definition) is 5. The molecule has 0 radical (unpaired) electrons. The number of rotatable bonds is 6. The zero-order valence-corrected chi connectivity index (χ0v) is 20.4. The number of fused-ring (bicyclic) bond motifs is 4. The van der Waals surface area contributed by atoms with E-state index in [2.05, 4.69) is 16.7 Å². The van der Waals surface area contributed by atoms with E-state index in [-0.39, 0.29) is 35.6 Å². The van der Waals surface area contributed by atoms with Gasteiger partial charge in [-0.1, -0.05) is 49.2 Å². The van der Waals surface area contributed by atoms with Gasteiger partial charge in [0.05, 0.1) is 6.04 Å². The van der Waals surface area contributed by atoms with Crippen molar-refractivity contribution in [3.63, 3.8) is 0 Å². The SMILES string of the molecule is O=C(Cn1c(=O)c2oc3ccccc3c2n(CC(=O)N[C@@H]2CCc3ccccc32)c1=O)NC1CCCC1. The summed E-state index contributed by atoms with van der Waals surface area (Å²) in [5, 5.41) is 6.52. The highest BCUT2D eigenvalue weighted by molar-refractivity contribution is 6.02. The van der Waals surface area contributed by atoms with Gasteiger partial charge in [0, 0.05) is 11.4 Å². The molecule has 2 aliphatic rings. The number of furan rings is 1. The van der Waals surface area contributed by atoms with E-state index in [1.165, 1.54) is 10.1 Å². The Hall–Kier alpha value is -4.14. The van der Waals surface area contributed by atoms with Crippen LogP contribution in [0, 0.1) is 0 Å². The first-order valence-electron chi connectivity index (χ1n) is 12.8. The van der Waals surface area contributed by atoms with Crippen molar-refractivity contribution in [1.29, 1.82) is 0 Å². The minimum atomic E-state index is -0.715. The second-order valence-electron chi connectivity index (χ2n) is 9.94.